The number of carbonyl (C=O) groups is 2. The highest BCUT2D eigenvalue weighted by molar-refractivity contribution is 8.00. The minimum Gasteiger partial charge on any atom is -0.468 e. The summed E-state index contributed by atoms with van der Waals surface area (Å²) in [6.07, 6.45) is 0. The van der Waals surface area contributed by atoms with E-state index in [2.05, 4.69) is 20.0 Å². The fraction of sp³-hybridized carbons (Fsp3) is 0.200. The molecule has 2 rings (SSSR count). The Bertz CT molecular complexity index is 854. The average Bonchev–Trinajstić information content (AvgIpc) is 2.57. The Morgan fingerprint density at radius 2 is 2.00 bits per heavy atom. The summed E-state index contributed by atoms with van der Waals surface area (Å²) in [5, 5.41) is 2.46. The van der Waals surface area contributed by atoms with E-state index in [1.807, 2.05) is 0 Å². The number of benzene rings is 1. The van der Waals surface area contributed by atoms with Crippen molar-refractivity contribution in [1.82, 2.24) is 9.97 Å². The van der Waals surface area contributed by atoms with Crippen LogP contribution in [0.4, 0.5) is 11.5 Å². The maximum Gasteiger partial charge on any atom is 0.318 e. The normalized spacial score (nSPS) is 11.6. The van der Waals surface area contributed by atoms with Gasteiger partial charge in [0.1, 0.15) is 10.9 Å². The van der Waals surface area contributed by atoms with Crippen LogP contribution in [0, 0.1) is 0 Å². The predicted octanol–water partition coefficient (Wildman–Crippen LogP) is 1.91. The van der Waals surface area contributed by atoms with Crippen LogP contribution < -0.4 is 16.6 Å². The molecule has 0 saturated carbocycles. The number of hydrogen-bond acceptors (Lipinski definition) is 7. The van der Waals surface area contributed by atoms with E-state index in [1.54, 1.807) is 19.1 Å². The van der Waals surface area contributed by atoms with Crippen LogP contribution in [0.3, 0.4) is 0 Å². The van der Waals surface area contributed by atoms with Gasteiger partial charge in [0.05, 0.1) is 7.11 Å². The van der Waals surface area contributed by atoms with Crippen LogP contribution in [0.25, 0.3) is 0 Å². The van der Waals surface area contributed by atoms with Crippen LogP contribution >= 0.6 is 23.4 Å². The summed E-state index contributed by atoms with van der Waals surface area (Å²) in [7, 11) is 1.26. The lowest BCUT2D eigenvalue weighted by molar-refractivity contribution is -0.139. The van der Waals surface area contributed by atoms with E-state index in [-0.39, 0.29) is 16.7 Å². The second kappa shape index (κ2) is 8.04. The molecule has 0 aliphatic heterocycles. The van der Waals surface area contributed by atoms with Gasteiger partial charge in [0.25, 0.3) is 11.5 Å². The molecule has 4 N–H and O–H groups in total. The molecule has 1 amide bonds. The highest BCUT2D eigenvalue weighted by atomic mass is 35.5. The summed E-state index contributed by atoms with van der Waals surface area (Å²) in [6, 6.07) is 6.13. The molecule has 0 fully saturated rings. The summed E-state index contributed by atoms with van der Waals surface area (Å²) in [4.78, 5) is 42.2. The summed E-state index contributed by atoms with van der Waals surface area (Å²) < 4.78 is 4.60. The largest absolute Gasteiger partial charge is 0.468 e. The number of carbonyl (C=O) groups excluding carboxylic acids is 2. The van der Waals surface area contributed by atoms with Crippen molar-refractivity contribution >= 4 is 46.7 Å². The number of nitrogens with one attached hydrogen (secondary N) is 2. The van der Waals surface area contributed by atoms with E-state index in [1.165, 1.54) is 19.2 Å². The fourth-order valence-electron chi connectivity index (χ4n) is 1.81. The molecule has 1 heterocycles. The molecule has 0 bridgehead atoms. The quantitative estimate of drug-likeness (QED) is 0.409. The molecule has 25 heavy (non-hydrogen) atoms. The van der Waals surface area contributed by atoms with Crippen LogP contribution in [0.15, 0.2) is 34.2 Å². The first-order valence-corrected chi connectivity index (χ1v) is 8.28. The minimum atomic E-state index is -0.630. The first-order valence-electron chi connectivity index (χ1n) is 7.03. The van der Waals surface area contributed by atoms with Gasteiger partial charge in [-0.15, -0.1) is 0 Å². The summed E-state index contributed by atoms with van der Waals surface area (Å²) in [6.45, 7) is 1.60. The van der Waals surface area contributed by atoms with Gasteiger partial charge in [-0.2, -0.15) is 0 Å². The third-order valence-electron chi connectivity index (χ3n) is 3.09. The van der Waals surface area contributed by atoms with Gasteiger partial charge in [0.15, 0.2) is 11.0 Å². The molecule has 0 saturated heterocycles. The van der Waals surface area contributed by atoms with Crippen LogP contribution in [-0.4, -0.2) is 34.2 Å². The van der Waals surface area contributed by atoms with Gasteiger partial charge >= 0.3 is 5.97 Å². The number of esters is 1. The molecule has 0 radical (unpaired) electrons. The zero-order chi connectivity index (χ0) is 18.6. The van der Waals surface area contributed by atoms with Crippen molar-refractivity contribution in [2.45, 2.75) is 17.3 Å². The molecule has 1 aromatic carbocycles. The second-order valence-electron chi connectivity index (χ2n) is 4.88. The Morgan fingerprint density at radius 1 is 1.36 bits per heavy atom. The van der Waals surface area contributed by atoms with Crippen LogP contribution in [-0.2, 0) is 9.53 Å². The average molecular weight is 383 g/mol. The highest BCUT2D eigenvalue weighted by Gasteiger charge is 2.19. The number of hydrogen-bond donors (Lipinski definition) is 3. The van der Waals surface area contributed by atoms with Gasteiger partial charge in [-0.3, -0.25) is 19.4 Å². The fourth-order valence-corrected chi connectivity index (χ4v) is 2.77. The minimum absolute atomic E-state index is 0.143. The molecule has 1 aromatic heterocycles. The van der Waals surface area contributed by atoms with Crippen LogP contribution in [0.1, 0.15) is 17.3 Å². The van der Waals surface area contributed by atoms with Gasteiger partial charge in [0, 0.05) is 10.6 Å². The van der Waals surface area contributed by atoms with Gasteiger partial charge in [-0.05, 0) is 31.2 Å². The van der Waals surface area contributed by atoms with Crippen molar-refractivity contribution in [2.24, 2.45) is 0 Å². The smallest absolute Gasteiger partial charge is 0.318 e. The number of rotatable bonds is 5. The molecule has 0 aliphatic rings. The number of anilines is 2. The van der Waals surface area contributed by atoms with E-state index >= 15 is 0 Å². The van der Waals surface area contributed by atoms with Gasteiger partial charge < -0.3 is 15.8 Å². The van der Waals surface area contributed by atoms with Gasteiger partial charge in [-0.25, -0.2) is 4.98 Å². The topological polar surface area (TPSA) is 127 Å². The van der Waals surface area contributed by atoms with Crippen molar-refractivity contribution in [3.05, 3.63) is 45.2 Å². The molecule has 10 heteroatoms. The first-order chi connectivity index (χ1) is 11.8. The van der Waals surface area contributed by atoms with E-state index in [9.17, 15) is 14.4 Å². The number of ether oxygens (including phenoxy) is 1. The third kappa shape index (κ3) is 4.74. The molecule has 0 spiro atoms. The lowest BCUT2D eigenvalue weighted by atomic mass is 10.2. The van der Waals surface area contributed by atoms with E-state index in [0.717, 1.165) is 11.8 Å². The van der Waals surface area contributed by atoms with Gasteiger partial charge in [-0.1, -0.05) is 23.4 Å². The van der Waals surface area contributed by atoms with E-state index in [0.29, 0.717) is 10.6 Å². The zero-order valence-electron chi connectivity index (χ0n) is 13.3. The van der Waals surface area contributed by atoms with Crippen LogP contribution in [0.5, 0.6) is 0 Å². The molecular formula is C15H15ClN4O4S. The SMILES string of the molecule is COC(=O)[C@@H](C)Sc1nc(N)c(NC(=O)c2ccc(Cl)cc2)c(=O)[nH]1. The Morgan fingerprint density at radius 3 is 2.56 bits per heavy atom. The zero-order valence-corrected chi connectivity index (χ0v) is 14.9. The molecule has 2 aromatic rings. The number of H-pyrrole nitrogens is 1. The summed E-state index contributed by atoms with van der Waals surface area (Å²) in [5.41, 5.74) is 5.27. The number of thioether (sulfide) groups is 1. The third-order valence-corrected chi connectivity index (χ3v) is 4.31. The van der Waals surface area contributed by atoms with E-state index < -0.39 is 22.7 Å². The molecular weight excluding hydrogens is 368 g/mol. The predicted molar refractivity (Wildman–Crippen MR) is 96.0 cm³/mol. The Hall–Kier alpha value is -2.52. The number of halogens is 1. The second-order valence-corrected chi connectivity index (χ2v) is 6.64. The maximum atomic E-state index is 12.2. The molecule has 0 unspecified atom stereocenters. The Balaban J connectivity index is 2.20. The van der Waals surface area contributed by atoms with Crippen LogP contribution in [0.2, 0.25) is 5.02 Å². The lowest BCUT2D eigenvalue weighted by Crippen LogP contribution is -2.24. The number of nitrogens with zero attached hydrogens (tertiary/aromatic N) is 1. The number of aromatic nitrogens is 2. The summed E-state index contributed by atoms with van der Waals surface area (Å²) in [5.74, 6) is -1.16. The van der Waals surface area contributed by atoms with Gasteiger partial charge in [0.2, 0.25) is 0 Å². The standard InChI is InChI=1S/C15H15ClN4O4S/c1-7(14(23)24-2)25-15-19-11(17)10(13(22)20-15)18-12(21)8-3-5-9(16)6-4-8/h3-7H,1-2H3,(H,18,21)(H3,17,19,20,22)/t7-/m1/s1. The lowest BCUT2D eigenvalue weighted by Gasteiger charge is -2.10. The molecule has 132 valence electrons. The monoisotopic (exact) mass is 382 g/mol. The molecule has 1 atom stereocenters. The molecule has 8 nitrogen and oxygen atoms in total. The van der Waals surface area contributed by atoms with Crippen molar-refractivity contribution < 1.29 is 14.3 Å². The highest BCUT2D eigenvalue weighted by Crippen LogP contribution is 2.22. The molecule has 0 aliphatic carbocycles. The number of aromatic amines is 1. The maximum absolute atomic E-state index is 12.2. The Kier molecular flexibility index (Phi) is 6.05. The van der Waals surface area contributed by atoms with E-state index in [4.69, 9.17) is 17.3 Å². The number of methoxy groups -OCH3 is 1. The number of amides is 1. The first kappa shape index (κ1) is 18.8. The number of nitrogens with two attached hydrogens (primary N) is 1. The van der Waals surface area contributed by atoms with Crippen molar-refractivity contribution in [2.75, 3.05) is 18.2 Å². The van der Waals surface area contributed by atoms with Crippen molar-refractivity contribution in [1.29, 1.82) is 0 Å². The summed E-state index contributed by atoms with van der Waals surface area (Å²) >= 11 is 6.75. The van der Waals surface area contributed by atoms with Crippen molar-refractivity contribution in [3.8, 4) is 0 Å². The Labute approximate surface area is 152 Å². The number of nitrogen functional groups attached to an aromatic ring is 1. The van der Waals surface area contributed by atoms with Crippen molar-refractivity contribution in [3.63, 3.8) is 0 Å².